The number of nitrogens with zero attached hydrogens (tertiary/aromatic N) is 2. The number of carbonyl (C=O) groups is 2. The molecule has 0 saturated heterocycles. The highest BCUT2D eigenvalue weighted by Crippen LogP contribution is 2.42. The summed E-state index contributed by atoms with van der Waals surface area (Å²) in [5, 5.41) is 2.81. The minimum atomic E-state index is -4.48. The van der Waals surface area contributed by atoms with Crippen molar-refractivity contribution in [3.05, 3.63) is 76.9 Å². The first kappa shape index (κ1) is 22.4. The molecule has 3 aromatic rings. The van der Waals surface area contributed by atoms with E-state index in [9.17, 15) is 22.8 Å². The highest BCUT2D eigenvalue weighted by molar-refractivity contribution is 6.33. The second kappa shape index (κ2) is 8.62. The first-order valence-electron chi connectivity index (χ1n) is 9.60. The molecule has 0 saturated carbocycles. The Balaban J connectivity index is 1.70. The number of carbonyl (C=O) groups excluding carboxylic acids is 2. The van der Waals surface area contributed by atoms with Gasteiger partial charge in [-0.1, -0.05) is 17.7 Å². The molecule has 0 bridgehead atoms. The average molecular weight is 477 g/mol. The van der Waals surface area contributed by atoms with Crippen LogP contribution in [0.4, 0.5) is 30.4 Å². The number of hydrogen-bond acceptors (Lipinski definition) is 5. The molecule has 170 valence electrons. The van der Waals surface area contributed by atoms with Gasteiger partial charge in [0.15, 0.2) is 11.6 Å². The summed E-state index contributed by atoms with van der Waals surface area (Å²) in [4.78, 5) is 30.8. The lowest BCUT2D eigenvalue weighted by Gasteiger charge is -2.37. The van der Waals surface area contributed by atoms with Crippen LogP contribution < -0.4 is 20.7 Å². The summed E-state index contributed by atoms with van der Waals surface area (Å²) in [6.07, 6.45) is -2.99. The second-order valence-corrected chi connectivity index (χ2v) is 7.50. The van der Waals surface area contributed by atoms with E-state index in [4.69, 9.17) is 22.1 Å². The van der Waals surface area contributed by atoms with E-state index in [2.05, 4.69) is 10.3 Å². The van der Waals surface area contributed by atoms with Crippen LogP contribution in [0.15, 0.2) is 60.8 Å². The van der Waals surface area contributed by atoms with Gasteiger partial charge in [-0.15, -0.1) is 0 Å². The number of nitrogens with one attached hydrogen (secondary N) is 1. The highest BCUT2D eigenvalue weighted by atomic mass is 35.5. The van der Waals surface area contributed by atoms with E-state index in [-0.39, 0.29) is 34.4 Å². The van der Waals surface area contributed by atoms with Gasteiger partial charge in [0.05, 0.1) is 21.8 Å². The molecule has 4 rings (SSSR count). The van der Waals surface area contributed by atoms with Crippen molar-refractivity contribution in [1.29, 1.82) is 0 Å². The highest BCUT2D eigenvalue weighted by Gasteiger charge is 2.36. The van der Waals surface area contributed by atoms with Crippen molar-refractivity contribution in [1.82, 2.24) is 4.98 Å². The molecule has 1 aromatic heterocycles. The minimum absolute atomic E-state index is 0.104. The predicted molar refractivity (Wildman–Crippen MR) is 116 cm³/mol. The van der Waals surface area contributed by atoms with Crippen molar-refractivity contribution in [2.75, 3.05) is 16.8 Å². The van der Waals surface area contributed by atoms with Crippen LogP contribution in [0.3, 0.4) is 0 Å². The number of pyridine rings is 1. The van der Waals surface area contributed by atoms with Crippen molar-refractivity contribution in [2.45, 2.75) is 12.2 Å². The van der Waals surface area contributed by atoms with Gasteiger partial charge < -0.3 is 20.7 Å². The Hall–Kier alpha value is -3.79. The zero-order valence-electron chi connectivity index (χ0n) is 16.8. The topological polar surface area (TPSA) is 97.6 Å². The lowest BCUT2D eigenvalue weighted by Crippen LogP contribution is -2.49. The fourth-order valence-electron chi connectivity index (χ4n) is 3.42. The van der Waals surface area contributed by atoms with Crippen LogP contribution in [0.5, 0.6) is 5.75 Å². The summed E-state index contributed by atoms with van der Waals surface area (Å²) in [5.41, 5.74) is 5.33. The number of fused-ring (bicyclic) bond motifs is 1. The lowest BCUT2D eigenvalue weighted by molar-refractivity contribution is -0.137. The number of aromatic nitrogens is 1. The molecular formula is C22H16ClF3N4O3. The predicted octanol–water partition coefficient (Wildman–Crippen LogP) is 4.39. The maximum Gasteiger partial charge on any atom is 0.416 e. The van der Waals surface area contributed by atoms with Crippen LogP contribution in [0.2, 0.25) is 5.02 Å². The SMILES string of the molecule is NC(=O)C1COc2c(C(=O)Nc3ccc(C(F)(F)F)cc3)cccc2N1c1ncccc1Cl. The van der Waals surface area contributed by atoms with Crippen LogP contribution in [0, 0.1) is 0 Å². The molecule has 0 aliphatic carbocycles. The number of halogens is 4. The van der Waals surface area contributed by atoms with E-state index in [0.717, 1.165) is 24.3 Å². The van der Waals surface area contributed by atoms with Crippen LogP contribution in [-0.2, 0) is 11.0 Å². The Kier molecular flexibility index (Phi) is 5.86. The zero-order valence-corrected chi connectivity index (χ0v) is 17.5. The number of amides is 2. The van der Waals surface area contributed by atoms with Crippen molar-refractivity contribution < 1.29 is 27.5 Å². The summed E-state index contributed by atoms with van der Waals surface area (Å²) in [6, 6.07) is 11.0. The number of anilines is 3. The van der Waals surface area contributed by atoms with Gasteiger partial charge in [-0.05, 0) is 48.5 Å². The fraction of sp³-hybridized carbons (Fsp3) is 0.136. The van der Waals surface area contributed by atoms with Gasteiger partial charge in [0.1, 0.15) is 12.6 Å². The van der Waals surface area contributed by atoms with Crippen molar-refractivity contribution in [2.24, 2.45) is 5.73 Å². The molecule has 0 radical (unpaired) electrons. The summed E-state index contributed by atoms with van der Waals surface area (Å²) in [7, 11) is 0. The van der Waals surface area contributed by atoms with E-state index >= 15 is 0 Å². The number of para-hydroxylation sites is 1. The molecule has 3 N–H and O–H groups in total. The lowest BCUT2D eigenvalue weighted by atomic mass is 10.1. The number of ether oxygens (including phenoxy) is 1. The molecule has 0 fully saturated rings. The number of primary amides is 1. The molecule has 1 unspecified atom stereocenters. The molecule has 11 heteroatoms. The smallest absolute Gasteiger partial charge is 0.416 e. The monoisotopic (exact) mass is 476 g/mol. The second-order valence-electron chi connectivity index (χ2n) is 7.09. The number of nitrogens with two attached hydrogens (primary N) is 1. The van der Waals surface area contributed by atoms with Crippen molar-refractivity contribution in [3.63, 3.8) is 0 Å². The van der Waals surface area contributed by atoms with Gasteiger partial charge >= 0.3 is 6.18 Å². The van der Waals surface area contributed by atoms with Gasteiger partial charge in [0, 0.05) is 11.9 Å². The Morgan fingerprint density at radius 2 is 1.85 bits per heavy atom. The van der Waals surface area contributed by atoms with E-state index in [1.807, 2.05) is 0 Å². The van der Waals surface area contributed by atoms with Crippen LogP contribution >= 0.6 is 11.6 Å². The Morgan fingerprint density at radius 3 is 2.48 bits per heavy atom. The molecule has 2 amide bonds. The number of alkyl halides is 3. The van der Waals surface area contributed by atoms with Crippen molar-refractivity contribution >= 4 is 40.6 Å². The summed E-state index contributed by atoms with van der Waals surface area (Å²) < 4.78 is 44.0. The molecule has 1 atom stereocenters. The van der Waals surface area contributed by atoms with Gasteiger partial charge in [-0.2, -0.15) is 13.2 Å². The first-order chi connectivity index (χ1) is 15.7. The normalized spacial score (nSPS) is 15.4. The zero-order chi connectivity index (χ0) is 23.8. The molecule has 1 aliphatic rings. The van der Waals surface area contributed by atoms with Gasteiger partial charge in [0.25, 0.3) is 5.91 Å². The van der Waals surface area contributed by atoms with Crippen LogP contribution in [-0.4, -0.2) is 29.4 Å². The average Bonchev–Trinajstić information content (AvgIpc) is 2.78. The Bertz CT molecular complexity index is 1220. The van der Waals surface area contributed by atoms with Crippen LogP contribution in [0.1, 0.15) is 15.9 Å². The van der Waals surface area contributed by atoms with E-state index in [1.165, 1.54) is 17.2 Å². The molecular weight excluding hydrogens is 461 g/mol. The van der Waals surface area contributed by atoms with E-state index in [0.29, 0.717) is 5.69 Å². The van der Waals surface area contributed by atoms with Gasteiger partial charge in [0.2, 0.25) is 5.91 Å². The quantitative estimate of drug-likeness (QED) is 0.582. The molecule has 0 spiro atoms. The third-order valence-corrected chi connectivity index (χ3v) is 5.26. The Morgan fingerprint density at radius 1 is 1.12 bits per heavy atom. The number of hydrogen-bond donors (Lipinski definition) is 2. The van der Waals surface area contributed by atoms with E-state index < -0.39 is 29.6 Å². The maximum absolute atomic E-state index is 12.9. The minimum Gasteiger partial charge on any atom is -0.488 e. The molecule has 33 heavy (non-hydrogen) atoms. The largest absolute Gasteiger partial charge is 0.488 e. The Labute approximate surface area is 190 Å². The standard InChI is InChI=1S/C22H16ClF3N4O3/c23-15-4-2-10-28-20(15)30-16-5-1-3-14(18(16)33-11-17(30)19(27)31)21(32)29-13-8-6-12(7-9-13)22(24,25)26/h1-10,17H,11H2,(H2,27,31)(H,29,32). The van der Waals surface area contributed by atoms with Gasteiger partial charge in [-0.3, -0.25) is 9.59 Å². The molecule has 1 aliphatic heterocycles. The molecule has 7 nitrogen and oxygen atoms in total. The molecule has 2 heterocycles. The summed E-state index contributed by atoms with van der Waals surface area (Å²) in [5.74, 6) is -0.882. The van der Waals surface area contributed by atoms with Crippen LogP contribution in [0.25, 0.3) is 0 Å². The summed E-state index contributed by atoms with van der Waals surface area (Å²) in [6.45, 7) is -0.167. The van der Waals surface area contributed by atoms with Crippen molar-refractivity contribution in [3.8, 4) is 5.75 Å². The maximum atomic E-state index is 12.9. The molecule has 2 aromatic carbocycles. The third-order valence-electron chi connectivity index (χ3n) is 4.96. The fourth-order valence-corrected chi connectivity index (χ4v) is 3.63. The summed E-state index contributed by atoms with van der Waals surface area (Å²) >= 11 is 6.29. The van der Waals surface area contributed by atoms with E-state index in [1.54, 1.807) is 24.3 Å². The number of rotatable bonds is 4. The third kappa shape index (κ3) is 4.42. The number of benzene rings is 2. The van der Waals surface area contributed by atoms with Gasteiger partial charge in [-0.25, -0.2) is 4.98 Å². The first-order valence-corrected chi connectivity index (χ1v) is 9.98.